The molecule has 0 amide bonds. The third-order valence-electron chi connectivity index (χ3n) is 4.28. The van der Waals surface area contributed by atoms with E-state index in [4.69, 9.17) is 0 Å². The van der Waals surface area contributed by atoms with Crippen LogP contribution in [0, 0.1) is 6.07 Å². The Morgan fingerprint density at radius 1 is 1.08 bits per heavy atom. The zero-order valence-corrected chi connectivity index (χ0v) is 13.7. The lowest BCUT2D eigenvalue weighted by Crippen LogP contribution is -2.42. The van der Waals surface area contributed by atoms with Crippen molar-refractivity contribution in [2.45, 2.75) is 31.8 Å². The van der Waals surface area contributed by atoms with Crippen molar-refractivity contribution in [3.63, 3.8) is 0 Å². The maximum Gasteiger partial charge on any atom is 0.573 e. The first kappa shape index (κ1) is 17.6. The van der Waals surface area contributed by atoms with Gasteiger partial charge in [0.05, 0.1) is 0 Å². The minimum absolute atomic E-state index is 0.191. The zero-order valence-electron chi connectivity index (χ0n) is 13.7. The van der Waals surface area contributed by atoms with E-state index in [9.17, 15) is 13.2 Å². The van der Waals surface area contributed by atoms with Gasteiger partial charge in [0.2, 0.25) is 0 Å². The summed E-state index contributed by atoms with van der Waals surface area (Å²) < 4.78 is 40.3. The maximum atomic E-state index is 12.1. The summed E-state index contributed by atoms with van der Waals surface area (Å²) in [6, 6.07) is 17.6. The number of halogens is 3. The molecule has 0 atom stereocenters. The van der Waals surface area contributed by atoms with Crippen molar-refractivity contribution in [1.82, 2.24) is 5.32 Å². The highest BCUT2D eigenvalue weighted by molar-refractivity contribution is 5.45. The van der Waals surface area contributed by atoms with Crippen molar-refractivity contribution in [2.75, 3.05) is 18.0 Å². The minimum atomic E-state index is -4.65. The highest BCUT2D eigenvalue weighted by Gasteiger charge is 2.30. The van der Waals surface area contributed by atoms with E-state index >= 15 is 0 Å². The van der Waals surface area contributed by atoms with Crippen LogP contribution in [0.15, 0.2) is 48.5 Å². The average Bonchev–Trinajstić information content (AvgIpc) is 2.61. The smallest absolute Gasteiger partial charge is 0.406 e. The molecule has 133 valence electrons. The van der Waals surface area contributed by atoms with Gasteiger partial charge in [-0.1, -0.05) is 30.3 Å². The number of hydrogen-bond donors (Lipinski definition) is 1. The fourth-order valence-corrected chi connectivity index (χ4v) is 2.98. The molecule has 3 rings (SSSR count). The molecule has 1 N–H and O–H groups in total. The van der Waals surface area contributed by atoms with E-state index < -0.39 is 6.36 Å². The molecule has 1 fully saturated rings. The molecule has 1 saturated heterocycles. The predicted octanol–water partition coefficient (Wildman–Crippen LogP) is 4.14. The number of nitrogens with zero attached hydrogens (tertiary/aromatic N) is 1. The first-order chi connectivity index (χ1) is 12.0. The van der Waals surface area contributed by atoms with E-state index in [0.717, 1.165) is 37.2 Å². The Bertz CT molecular complexity index is 651. The SMILES string of the molecule is FC(F)(F)Oc1ccc(CNC2CCN(c3[c]cccc3)CC2)cc1. The van der Waals surface area contributed by atoms with E-state index in [2.05, 4.69) is 27.1 Å². The van der Waals surface area contributed by atoms with E-state index in [-0.39, 0.29) is 5.75 Å². The van der Waals surface area contributed by atoms with Gasteiger partial charge < -0.3 is 15.0 Å². The van der Waals surface area contributed by atoms with Crippen LogP contribution in [0.4, 0.5) is 18.9 Å². The second-order valence-corrected chi connectivity index (χ2v) is 6.08. The van der Waals surface area contributed by atoms with E-state index in [1.54, 1.807) is 12.1 Å². The van der Waals surface area contributed by atoms with Crippen molar-refractivity contribution < 1.29 is 17.9 Å². The molecular formula is C19H20F3N2O. The lowest BCUT2D eigenvalue weighted by atomic mass is 10.0. The fraction of sp³-hybridized carbons (Fsp3) is 0.368. The summed E-state index contributed by atoms with van der Waals surface area (Å²) in [7, 11) is 0. The fourth-order valence-electron chi connectivity index (χ4n) is 2.98. The Balaban J connectivity index is 1.44. The molecule has 2 aromatic carbocycles. The van der Waals surface area contributed by atoms with Crippen molar-refractivity contribution in [2.24, 2.45) is 0 Å². The normalized spacial score (nSPS) is 16.0. The Morgan fingerprint density at radius 2 is 1.80 bits per heavy atom. The van der Waals surface area contributed by atoms with Crippen LogP contribution in [-0.4, -0.2) is 25.5 Å². The Morgan fingerprint density at radius 3 is 2.40 bits per heavy atom. The molecule has 1 aliphatic rings. The quantitative estimate of drug-likeness (QED) is 0.878. The van der Waals surface area contributed by atoms with Crippen molar-refractivity contribution >= 4 is 5.69 Å². The largest absolute Gasteiger partial charge is 0.573 e. The van der Waals surface area contributed by atoms with E-state index in [1.165, 1.54) is 12.1 Å². The number of ether oxygens (including phenoxy) is 1. The molecule has 6 heteroatoms. The van der Waals surface area contributed by atoms with Crippen molar-refractivity contribution in [1.29, 1.82) is 0 Å². The summed E-state index contributed by atoms with van der Waals surface area (Å²) in [6.07, 6.45) is -2.60. The molecule has 25 heavy (non-hydrogen) atoms. The molecular weight excluding hydrogens is 329 g/mol. The first-order valence-corrected chi connectivity index (χ1v) is 8.29. The Hall–Kier alpha value is -2.21. The summed E-state index contributed by atoms with van der Waals surface area (Å²) in [5.41, 5.74) is 2.06. The lowest BCUT2D eigenvalue weighted by molar-refractivity contribution is -0.274. The molecule has 2 aromatic rings. The van der Waals surface area contributed by atoms with Gasteiger partial charge in [0.15, 0.2) is 0 Å². The number of hydrogen-bond acceptors (Lipinski definition) is 3. The van der Waals surface area contributed by atoms with Crippen LogP contribution in [-0.2, 0) is 6.54 Å². The standard InChI is InChI=1S/C19H20F3N2O/c20-19(21,22)25-18-8-6-15(7-9-18)14-23-16-10-12-24(13-11-16)17-4-2-1-3-5-17/h1-4,6-9,16,23H,10-14H2. The van der Waals surface area contributed by atoms with Gasteiger partial charge in [0.1, 0.15) is 5.75 Å². The number of nitrogens with one attached hydrogen (secondary N) is 1. The number of anilines is 1. The highest BCUT2D eigenvalue weighted by Crippen LogP contribution is 2.23. The van der Waals surface area contributed by atoms with Crippen molar-refractivity contribution in [3.05, 3.63) is 60.2 Å². The van der Waals surface area contributed by atoms with Crippen LogP contribution in [0.2, 0.25) is 0 Å². The molecule has 3 nitrogen and oxygen atoms in total. The Labute approximate surface area is 145 Å². The number of piperidine rings is 1. The van der Waals surface area contributed by atoms with Gasteiger partial charge in [-0.3, -0.25) is 0 Å². The van der Waals surface area contributed by atoms with Gasteiger partial charge in [0, 0.05) is 37.4 Å². The van der Waals surface area contributed by atoms with Gasteiger partial charge in [-0.05, 0) is 36.6 Å². The number of rotatable bonds is 5. The summed E-state index contributed by atoms with van der Waals surface area (Å²) in [5, 5.41) is 3.48. The van der Waals surface area contributed by atoms with Gasteiger partial charge >= 0.3 is 6.36 Å². The highest BCUT2D eigenvalue weighted by atomic mass is 19.4. The average molecular weight is 349 g/mol. The molecule has 1 heterocycles. The van der Waals surface area contributed by atoms with Gasteiger partial charge in [0.25, 0.3) is 0 Å². The van der Waals surface area contributed by atoms with Crippen LogP contribution in [0.25, 0.3) is 0 Å². The minimum Gasteiger partial charge on any atom is -0.406 e. The summed E-state index contributed by atoms with van der Waals surface area (Å²) in [6.45, 7) is 2.57. The van der Waals surface area contributed by atoms with Crippen LogP contribution < -0.4 is 15.0 Å². The third kappa shape index (κ3) is 5.39. The summed E-state index contributed by atoms with van der Waals surface area (Å²) in [5.74, 6) is -0.191. The summed E-state index contributed by atoms with van der Waals surface area (Å²) >= 11 is 0. The van der Waals surface area contributed by atoms with Gasteiger partial charge in [-0.15, -0.1) is 13.2 Å². The van der Waals surface area contributed by atoms with Gasteiger partial charge in [-0.2, -0.15) is 0 Å². The van der Waals surface area contributed by atoms with Gasteiger partial charge in [-0.25, -0.2) is 0 Å². The van der Waals surface area contributed by atoms with Crippen molar-refractivity contribution in [3.8, 4) is 5.75 Å². The Kier molecular flexibility index (Phi) is 5.48. The van der Waals surface area contributed by atoms with Crippen LogP contribution in [0.3, 0.4) is 0 Å². The number of para-hydroxylation sites is 1. The van der Waals surface area contributed by atoms with E-state index in [1.807, 2.05) is 18.2 Å². The second-order valence-electron chi connectivity index (χ2n) is 6.08. The molecule has 0 bridgehead atoms. The molecule has 0 aliphatic carbocycles. The topological polar surface area (TPSA) is 24.5 Å². The molecule has 0 spiro atoms. The van der Waals surface area contributed by atoms with E-state index in [0.29, 0.717) is 12.6 Å². The predicted molar refractivity (Wildman–Crippen MR) is 90.5 cm³/mol. The molecule has 0 aromatic heterocycles. The second kappa shape index (κ2) is 7.78. The zero-order chi connectivity index (χ0) is 17.7. The summed E-state index contributed by atoms with van der Waals surface area (Å²) in [4.78, 5) is 2.32. The molecule has 1 aliphatic heterocycles. The van der Waals surface area contributed by atoms with Crippen LogP contribution in [0.5, 0.6) is 5.75 Å². The molecule has 1 radical (unpaired) electrons. The molecule has 0 unspecified atom stereocenters. The van der Waals surface area contributed by atoms with Crippen LogP contribution >= 0.6 is 0 Å². The number of alkyl halides is 3. The molecule has 0 saturated carbocycles. The van der Waals surface area contributed by atoms with Crippen LogP contribution in [0.1, 0.15) is 18.4 Å². The first-order valence-electron chi connectivity index (χ1n) is 8.29. The number of benzene rings is 2. The monoisotopic (exact) mass is 349 g/mol. The maximum absolute atomic E-state index is 12.1. The third-order valence-corrected chi connectivity index (χ3v) is 4.28. The lowest BCUT2D eigenvalue weighted by Gasteiger charge is -2.34.